The molecule has 1 aliphatic rings. The summed E-state index contributed by atoms with van der Waals surface area (Å²) in [5.74, 6) is 2.33. The molecule has 0 aromatic heterocycles. The molecule has 1 nitrogen and oxygen atoms in total. The molecule has 0 aliphatic heterocycles. The van der Waals surface area contributed by atoms with E-state index in [1.165, 1.54) is 51.4 Å². The Morgan fingerprint density at radius 1 is 1.06 bits per heavy atom. The third-order valence-electron chi connectivity index (χ3n) is 4.13. The van der Waals surface area contributed by atoms with Crippen molar-refractivity contribution in [2.45, 2.75) is 84.7 Å². The zero-order chi connectivity index (χ0) is 12.7. The average Bonchev–Trinajstić information content (AvgIpc) is 3.08. The lowest BCUT2D eigenvalue weighted by molar-refractivity contribution is 0.0829. The van der Waals surface area contributed by atoms with Crippen molar-refractivity contribution in [1.82, 2.24) is 0 Å². The van der Waals surface area contributed by atoms with Gasteiger partial charge in [0.1, 0.15) is 0 Å². The van der Waals surface area contributed by atoms with Gasteiger partial charge in [-0.25, -0.2) is 0 Å². The highest BCUT2D eigenvalue weighted by atomic mass is 16.3. The summed E-state index contributed by atoms with van der Waals surface area (Å²) >= 11 is 0. The Bertz CT molecular complexity index is 184. The number of hydrogen-bond acceptors (Lipinski definition) is 1. The molecule has 0 heterocycles. The van der Waals surface area contributed by atoms with E-state index in [2.05, 4.69) is 20.8 Å². The molecule has 0 bridgehead atoms. The van der Waals surface area contributed by atoms with E-state index in [1.807, 2.05) is 0 Å². The van der Waals surface area contributed by atoms with Gasteiger partial charge in [0.2, 0.25) is 0 Å². The van der Waals surface area contributed by atoms with Gasteiger partial charge in [0.15, 0.2) is 0 Å². The molecule has 2 atom stereocenters. The maximum Gasteiger partial charge on any atom is 0.0568 e. The molecule has 2 unspecified atom stereocenters. The molecule has 0 saturated heterocycles. The maximum atomic E-state index is 10.3. The summed E-state index contributed by atoms with van der Waals surface area (Å²) in [6, 6.07) is 0. The van der Waals surface area contributed by atoms with Crippen molar-refractivity contribution in [3.63, 3.8) is 0 Å². The van der Waals surface area contributed by atoms with Gasteiger partial charge in [-0.2, -0.15) is 0 Å². The van der Waals surface area contributed by atoms with Crippen LogP contribution < -0.4 is 0 Å². The van der Waals surface area contributed by atoms with Gasteiger partial charge in [0, 0.05) is 0 Å². The van der Waals surface area contributed by atoms with Crippen LogP contribution in [0.5, 0.6) is 0 Å². The van der Waals surface area contributed by atoms with Crippen molar-refractivity contribution in [2.75, 3.05) is 0 Å². The van der Waals surface area contributed by atoms with Crippen LogP contribution in [-0.4, -0.2) is 11.2 Å². The summed E-state index contributed by atoms with van der Waals surface area (Å²) in [4.78, 5) is 0. The molecule has 1 N–H and O–H groups in total. The Morgan fingerprint density at radius 2 is 1.76 bits per heavy atom. The molecule has 1 heteroatoms. The summed E-state index contributed by atoms with van der Waals surface area (Å²) in [5, 5.41) is 10.3. The fraction of sp³-hybridized carbons (Fsp3) is 1.00. The number of aliphatic hydroxyl groups is 1. The van der Waals surface area contributed by atoms with Crippen molar-refractivity contribution in [1.29, 1.82) is 0 Å². The van der Waals surface area contributed by atoms with Crippen LogP contribution in [0, 0.1) is 17.8 Å². The van der Waals surface area contributed by atoms with Crippen LogP contribution >= 0.6 is 0 Å². The first-order valence-electron chi connectivity index (χ1n) is 7.81. The van der Waals surface area contributed by atoms with E-state index in [-0.39, 0.29) is 6.10 Å². The molecule has 0 aromatic rings. The fourth-order valence-electron chi connectivity index (χ4n) is 2.74. The highest BCUT2D eigenvalue weighted by Gasteiger charge is 2.24. The smallest absolute Gasteiger partial charge is 0.0568 e. The molecule has 102 valence electrons. The van der Waals surface area contributed by atoms with Gasteiger partial charge in [-0.3, -0.25) is 0 Å². The molecule has 0 aromatic carbocycles. The van der Waals surface area contributed by atoms with E-state index in [0.717, 1.165) is 18.3 Å². The zero-order valence-electron chi connectivity index (χ0n) is 12.1. The lowest BCUT2D eigenvalue weighted by Crippen LogP contribution is -2.20. The predicted octanol–water partition coefficient (Wildman–Crippen LogP) is 4.78. The van der Waals surface area contributed by atoms with Crippen LogP contribution in [0.1, 0.15) is 78.6 Å². The number of aliphatic hydroxyl groups excluding tert-OH is 1. The van der Waals surface area contributed by atoms with Crippen LogP contribution in [0.15, 0.2) is 0 Å². The first kappa shape index (κ1) is 15.0. The minimum atomic E-state index is -0.0253. The van der Waals surface area contributed by atoms with Gasteiger partial charge in [-0.05, 0) is 43.4 Å². The molecule has 1 rings (SSSR count). The van der Waals surface area contributed by atoms with Crippen LogP contribution in [0.3, 0.4) is 0 Å². The molecule has 17 heavy (non-hydrogen) atoms. The molecule has 1 aliphatic carbocycles. The Balaban J connectivity index is 2.18. The van der Waals surface area contributed by atoms with E-state index in [0.29, 0.717) is 5.92 Å². The Kier molecular flexibility index (Phi) is 7.18. The fourth-order valence-corrected chi connectivity index (χ4v) is 2.74. The predicted molar refractivity (Wildman–Crippen MR) is 75.1 cm³/mol. The number of hydrogen-bond donors (Lipinski definition) is 1. The Labute approximate surface area is 108 Å². The maximum absolute atomic E-state index is 10.3. The van der Waals surface area contributed by atoms with E-state index in [4.69, 9.17) is 0 Å². The number of rotatable bonds is 10. The Hall–Kier alpha value is -0.0400. The van der Waals surface area contributed by atoms with Gasteiger partial charge in [-0.1, -0.05) is 52.9 Å². The zero-order valence-corrected chi connectivity index (χ0v) is 12.1. The topological polar surface area (TPSA) is 20.2 Å². The first-order chi connectivity index (χ1) is 8.13. The monoisotopic (exact) mass is 240 g/mol. The van der Waals surface area contributed by atoms with Gasteiger partial charge in [-0.15, -0.1) is 0 Å². The minimum Gasteiger partial charge on any atom is -0.393 e. The quantitative estimate of drug-likeness (QED) is 0.582. The highest BCUT2D eigenvalue weighted by Crippen LogP contribution is 2.35. The van der Waals surface area contributed by atoms with Crippen LogP contribution in [0.4, 0.5) is 0 Å². The first-order valence-corrected chi connectivity index (χ1v) is 7.81. The van der Waals surface area contributed by atoms with Crippen molar-refractivity contribution in [3.8, 4) is 0 Å². The summed E-state index contributed by atoms with van der Waals surface area (Å²) in [6.45, 7) is 6.82. The summed E-state index contributed by atoms with van der Waals surface area (Å²) < 4.78 is 0. The minimum absolute atomic E-state index is 0.0253. The van der Waals surface area contributed by atoms with Crippen LogP contribution in [0.25, 0.3) is 0 Å². The normalized spacial score (nSPS) is 19.6. The third-order valence-corrected chi connectivity index (χ3v) is 4.13. The van der Waals surface area contributed by atoms with Gasteiger partial charge < -0.3 is 5.11 Å². The Morgan fingerprint density at radius 3 is 2.29 bits per heavy atom. The molecule has 0 spiro atoms. The summed E-state index contributed by atoms with van der Waals surface area (Å²) in [5.41, 5.74) is 0. The third kappa shape index (κ3) is 7.08. The lowest BCUT2D eigenvalue weighted by atomic mass is 9.88. The second kappa shape index (κ2) is 8.13. The molecule has 1 fully saturated rings. The molecule has 1 saturated carbocycles. The van der Waals surface area contributed by atoms with Gasteiger partial charge in [0.25, 0.3) is 0 Å². The molecular formula is C16H32O. The molecule has 0 amide bonds. The van der Waals surface area contributed by atoms with Crippen LogP contribution in [-0.2, 0) is 0 Å². The summed E-state index contributed by atoms with van der Waals surface area (Å²) in [7, 11) is 0. The average molecular weight is 240 g/mol. The second-order valence-electron chi connectivity index (χ2n) is 6.46. The highest BCUT2D eigenvalue weighted by molar-refractivity contribution is 4.77. The second-order valence-corrected chi connectivity index (χ2v) is 6.46. The standard InChI is InChI=1S/C16H32O/c1-4-6-15(8-5-7-13(2)3)16(17)12-11-14-9-10-14/h13-17H,4-12H2,1-3H3. The van der Waals surface area contributed by atoms with E-state index < -0.39 is 0 Å². The van der Waals surface area contributed by atoms with Gasteiger partial charge >= 0.3 is 0 Å². The summed E-state index contributed by atoms with van der Waals surface area (Å²) in [6.07, 6.45) is 11.4. The van der Waals surface area contributed by atoms with Crippen molar-refractivity contribution in [3.05, 3.63) is 0 Å². The van der Waals surface area contributed by atoms with Gasteiger partial charge in [0.05, 0.1) is 6.10 Å². The van der Waals surface area contributed by atoms with E-state index >= 15 is 0 Å². The largest absolute Gasteiger partial charge is 0.393 e. The van der Waals surface area contributed by atoms with Crippen molar-refractivity contribution in [2.24, 2.45) is 17.8 Å². The molecular weight excluding hydrogens is 208 g/mol. The van der Waals surface area contributed by atoms with Crippen molar-refractivity contribution >= 4 is 0 Å². The lowest BCUT2D eigenvalue weighted by Gasteiger charge is -2.23. The van der Waals surface area contributed by atoms with E-state index in [1.54, 1.807) is 0 Å². The van der Waals surface area contributed by atoms with Crippen molar-refractivity contribution < 1.29 is 5.11 Å². The molecule has 0 radical (unpaired) electrons. The van der Waals surface area contributed by atoms with E-state index in [9.17, 15) is 5.11 Å². The SMILES string of the molecule is CCCC(CCCC(C)C)C(O)CCC1CC1. The van der Waals surface area contributed by atoms with Crippen LogP contribution in [0.2, 0.25) is 0 Å².